The summed E-state index contributed by atoms with van der Waals surface area (Å²) in [6, 6.07) is 1.75. The summed E-state index contributed by atoms with van der Waals surface area (Å²) in [4.78, 5) is 22.4. The highest BCUT2D eigenvalue weighted by molar-refractivity contribution is 5.84. The minimum absolute atomic E-state index is 0.502. The maximum atomic E-state index is 11.9. The number of aliphatic carboxylic acids is 1. The van der Waals surface area contributed by atoms with E-state index < -0.39 is 11.5 Å². The number of carboxylic acids is 1. The molecule has 6 heteroatoms. The highest BCUT2D eigenvalue weighted by Gasteiger charge is 2.47. The summed E-state index contributed by atoms with van der Waals surface area (Å²) in [7, 11) is 0. The largest absolute Gasteiger partial charge is 0.479 e. The normalized spacial score (nSPS) is 21.6. The monoisotopic (exact) mass is 293 g/mol. The summed E-state index contributed by atoms with van der Waals surface area (Å²) in [6.45, 7) is 6.93. The lowest BCUT2D eigenvalue weighted by Gasteiger charge is -2.35. The van der Waals surface area contributed by atoms with Crippen LogP contribution in [0.3, 0.4) is 0 Å². The lowest BCUT2D eigenvalue weighted by Crippen LogP contribution is -2.51. The number of aryl methyl sites for hydroxylation is 1. The Balaban J connectivity index is 2.41. The van der Waals surface area contributed by atoms with E-state index in [4.69, 9.17) is 4.74 Å². The van der Waals surface area contributed by atoms with Crippen LogP contribution in [0.5, 0.6) is 5.88 Å². The molecule has 116 valence electrons. The first-order chi connectivity index (χ1) is 10.0. The van der Waals surface area contributed by atoms with Crippen molar-refractivity contribution in [3.8, 4) is 5.88 Å². The van der Waals surface area contributed by atoms with Gasteiger partial charge in [0.2, 0.25) is 5.88 Å². The Labute approximate surface area is 125 Å². The van der Waals surface area contributed by atoms with Crippen LogP contribution in [0.15, 0.2) is 6.07 Å². The van der Waals surface area contributed by atoms with Crippen LogP contribution in [0.25, 0.3) is 0 Å². The molecule has 1 aromatic heterocycles. The average molecular weight is 293 g/mol. The Hall–Kier alpha value is -1.85. The number of ether oxygens (including phenoxy) is 1. The fraction of sp³-hybridized carbons (Fsp3) is 0.667. The van der Waals surface area contributed by atoms with Gasteiger partial charge in [0.05, 0.1) is 6.61 Å². The molecule has 0 aliphatic carbocycles. The van der Waals surface area contributed by atoms with Crippen molar-refractivity contribution >= 4 is 11.8 Å². The Morgan fingerprint density at radius 1 is 1.48 bits per heavy atom. The van der Waals surface area contributed by atoms with Gasteiger partial charge in [0.1, 0.15) is 17.2 Å². The first-order valence-corrected chi connectivity index (χ1v) is 7.53. The van der Waals surface area contributed by atoms with Crippen molar-refractivity contribution in [1.29, 1.82) is 0 Å². The predicted molar refractivity (Wildman–Crippen MR) is 79.8 cm³/mol. The summed E-state index contributed by atoms with van der Waals surface area (Å²) in [5, 5.41) is 9.75. The molecule has 0 aromatic carbocycles. The molecule has 1 saturated heterocycles. The highest BCUT2D eigenvalue weighted by Crippen LogP contribution is 2.37. The lowest BCUT2D eigenvalue weighted by molar-refractivity contribution is -0.143. The highest BCUT2D eigenvalue weighted by atomic mass is 16.5. The van der Waals surface area contributed by atoms with Crippen molar-refractivity contribution in [2.45, 2.75) is 52.0 Å². The van der Waals surface area contributed by atoms with E-state index in [-0.39, 0.29) is 0 Å². The van der Waals surface area contributed by atoms with Crippen LogP contribution >= 0.6 is 0 Å². The van der Waals surface area contributed by atoms with E-state index in [1.807, 2.05) is 18.7 Å². The molecule has 1 unspecified atom stereocenters. The molecule has 1 N–H and O–H groups in total. The number of carboxylic acid groups (broad SMARTS) is 1. The van der Waals surface area contributed by atoms with Crippen molar-refractivity contribution in [1.82, 2.24) is 9.97 Å². The Bertz CT molecular complexity index is 521. The van der Waals surface area contributed by atoms with Gasteiger partial charge in [-0.15, -0.1) is 0 Å². The van der Waals surface area contributed by atoms with Crippen LogP contribution in [0.1, 0.15) is 45.4 Å². The average Bonchev–Trinajstić information content (AvgIpc) is 2.84. The van der Waals surface area contributed by atoms with Gasteiger partial charge in [0.25, 0.3) is 0 Å². The van der Waals surface area contributed by atoms with Crippen molar-refractivity contribution in [3.05, 3.63) is 11.9 Å². The molecule has 0 amide bonds. The van der Waals surface area contributed by atoms with Gasteiger partial charge >= 0.3 is 5.97 Å². The van der Waals surface area contributed by atoms with Gasteiger partial charge in [-0.3, -0.25) is 0 Å². The summed E-state index contributed by atoms with van der Waals surface area (Å²) in [5.41, 5.74) is -0.848. The fourth-order valence-electron chi connectivity index (χ4n) is 3.10. The van der Waals surface area contributed by atoms with Gasteiger partial charge in [0.15, 0.2) is 0 Å². The van der Waals surface area contributed by atoms with E-state index in [1.54, 1.807) is 13.0 Å². The molecule has 1 aliphatic rings. The molecule has 2 heterocycles. The Morgan fingerprint density at radius 3 is 2.86 bits per heavy atom. The zero-order valence-electron chi connectivity index (χ0n) is 12.9. The van der Waals surface area contributed by atoms with Gasteiger partial charge in [-0.25, -0.2) is 9.78 Å². The van der Waals surface area contributed by atoms with Gasteiger partial charge in [-0.1, -0.05) is 13.3 Å². The summed E-state index contributed by atoms with van der Waals surface area (Å²) in [6.07, 6.45) is 2.96. The summed E-state index contributed by atoms with van der Waals surface area (Å²) < 4.78 is 5.45. The van der Waals surface area contributed by atoms with Crippen molar-refractivity contribution in [2.24, 2.45) is 0 Å². The molecule has 1 atom stereocenters. The first-order valence-electron chi connectivity index (χ1n) is 7.53. The zero-order chi connectivity index (χ0) is 15.5. The number of carbonyl (C=O) groups is 1. The van der Waals surface area contributed by atoms with Crippen LogP contribution in [-0.2, 0) is 4.79 Å². The number of hydrogen-bond donors (Lipinski definition) is 1. The molecule has 1 aromatic rings. The fourth-order valence-corrected chi connectivity index (χ4v) is 3.10. The lowest BCUT2D eigenvalue weighted by atomic mass is 9.90. The van der Waals surface area contributed by atoms with E-state index >= 15 is 0 Å². The van der Waals surface area contributed by atoms with Crippen molar-refractivity contribution in [3.63, 3.8) is 0 Å². The van der Waals surface area contributed by atoms with Crippen LogP contribution in [0, 0.1) is 6.92 Å². The quantitative estimate of drug-likeness (QED) is 0.868. The predicted octanol–water partition coefficient (Wildman–Crippen LogP) is 2.41. The van der Waals surface area contributed by atoms with E-state index in [0.717, 1.165) is 12.8 Å². The minimum Gasteiger partial charge on any atom is -0.479 e. The molecule has 0 saturated carbocycles. The first kappa shape index (κ1) is 15.5. The number of rotatable bonds is 6. The molecule has 0 spiro atoms. The summed E-state index contributed by atoms with van der Waals surface area (Å²) in [5.74, 6) is 0.983. The van der Waals surface area contributed by atoms with Gasteiger partial charge in [-0.2, -0.15) is 4.98 Å². The van der Waals surface area contributed by atoms with Gasteiger partial charge in [-0.05, 0) is 33.1 Å². The zero-order valence-corrected chi connectivity index (χ0v) is 12.9. The maximum absolute atomic E-state index is 11.9. The molecule has 0 radical (unpaired) electrons. The van der Waals surface area contributed by atoms with E-state index in [1.165, 1.54) is 0 Å². The second kappa shape index (κ2) is 6.28. The molecule has 1 aliphatic heterocycles. The Morgan fingerprint density at radius 2 is 2.24 bits per heavy atom. The van der Waals surface area contributed by atoms with E-state index in [9.17, 15) is 9.90 Å². The SMILES string of the molecule is CCCC1(C(=O)O)CCCN1c1cc(OCC)nc(C)n1. The molecule has 2 rings (SSSR count). The standard InChI is InChI=1S/C15H23N3O3/c1-4-7-15(14(19)20)8-6-9-18(15)12-10-13(21-5-2)17-11(3)16-12/h10H,4-9H2,1-3H3,(H,19,20). The molecular weight excluding hydrogens is 270 g/mol. The maximum Gasteiger partial charge on any atom is 0.329 e. The third kappa shape index (κ3) is 2.94. The third-order valence-corrected chi connectivity index (χ3v) is 3.92. The summed E-state index contributed by atoms with van der Waals surface area (Å²) >= 11 is 0. The number of hydrogen-bond acceptors (Lipinski definition) is 5. The number of nitrogens with zero attached hydrogens (tertiary/aromatic N) is 3. The smallest absolute Gasteiger partial charge is 0.329 e. The molecular formula is C15H23N3O3. The molecule has 21 heavy (non-hydrogen) atoms. The minimum atomic E-state index is -0.848. The molecule has 1 fully saturated rings. The van der Waals surface area contributed by atoms with E-state index in [2.05, 4.69) is 9.97 Å². The molecule has 0 bridgehead atoms. The van der Waals surface area contributed by atoms with Crippen LogP contribution in [0.2, 0.25) is 0 Å². The van der Waals surface area contributed by atoms with Gasteiger partial charge < -0.3 is 14.7 Å². The number of anilines is 1. The van der Waals surface area contributed by atoms with Crippen molar-refractivity contribution < 1.29 is 14.6 Å². The van der Waals surface area contributed by atoms with Gasteiger partial charge in [0, 0.05) is 12.6 Å². The van der Waals surface area contributed by atoms with Crippen molar-refractivity contribution in [2.75, 3.05) is 18.1 Å². The van der Waals surface area contributed by atoms with Crippen LogP contribution < -0.4 is 9.64 Å². The second-order valence-corrected chi connectivity index (χ2v) is 5.39. The van der Waals surface area contributed by atoms with Crippen LogP contribution in [-0.4, -0.2) is 39.7 Å². The molecule has 6 nitrogen and oxygen atoms in total. The third-order valence-electron chi connectivity index (χ3n) is 3.92. The Kier molecular flexibility index (Phi) is 4.65. The topological polar surface area (TPSA) is 75.5 Å². The van der Waals surface area contributed by atoms with Crippen LogP contribution in [0.4, 0.5) is 5.82 Å². The number of aromatic nitrogens is 2. The second-order valence-electron chi connectivity index (χ2n) is 5.39. The van der Waals surface area contributed by atoms with E-state index in [0.29, 0.717) is 43.5 Å².